The lowest BCUT2D eigenvalue weighted by molar-refractivity contribution is -0.181. The molecule has 0 aliphatic heterocycles. The Labute approximate surface area is 148 Å². The molecule has 25 heavy (non-hydrogen) atoms. The number of rotatable bonds is 9. The van der Waals surface area contributed by atoms with E-state index in [1.54, 1.807) is 4.68 Å². The van der Waals surface area contributed by atoms with Crippen LogP contribution in [0.25, 0.3) is 0 Å². The summed E-state index contributed by atoms with van der Waals surface area (Å²) < 4.78 is 12.7. The molecule has 2 rings (SSSR count). The van der Waals surface area contributed by atoms with Gasteiger partial charge < -0.3 is 19.7 Å². The minimum atomic E-state index is -1.05. The van der Waals surface area contributed by atoms with E-state index < -0.39 is 12.0 Å². The highest BCUT2D eigenvalue weighted by atomic mass is 16.6. The molecule has 0 saturated heterocycles. The van der Waals surface area contributed by atoms with Crippen molar-refractivity contribution in [3.05, 3.63) is 47.8 Å². The van der Waals surface area contributed by atoms with Crippen molar-refractivity contribution in [2.75, 3.05) is 6.54 Å². The van der Waals surface area contributed by atoms with Crippen LogP contribution in [0.15, 0.2) is 36.4 Å². The summed E-state index contributed by atoms with van der Waals surface area (Å²) in [6, 6.07) is 11.3. The van der Waals surface area contributed by atoms with E-state index in [4.69, 9.17) is 9.47 Å². The van der Waals surface area contributed by atoms with Crippen LogP contribution in [0.3, 0.4) is 0 Å². The smallest absolute Gasteiger partial charge is 0.214 e. The van der Waals surface area contributed by atoms with Crippen LogP contribution in [-0.2, 0) is 24.5 Å². The Bertz CT molecular complexity index is 638. The molecule has 1 atom stereocenters. The largest absolute Gasteiger partial charge is 0.487 e. The fourth-order valence-electron chi connectivity index (χ4n) is 2.25. The van der Waals surface area contributed by atoms with E-state index in [9.17, 15) is 10.2 Å². The predicted molar refractivity (Wildman–Crippen MR) is 93.8 cm³/mol. The monoisotopic (exact) mass is 349 g/mol. The van der Waals surface area contributed by atoms with Crippen molar-refractivity contribution in [3.63, 3.8) is 0 Å². The van der Waals surface area contributed by atoms with E-state index >= 15 is 0 Å². The second kappa shape index (κ2) is 8.96. The SMILES string of the molecule is CC(C)(C)OC(O)NCCn1nc(COc2ccccc2)cc1CO. The van der Waals surface area contributed by atoms with Crippen LogP contribution in [-0.4, -0.2) is 38.6 Å². The third-order valence-electron chi connectivity index (χ3n) is 3.31. The standard InChI is InChI=1S/C18H27N3O4/c1-18(2,3)25-17(23)19-9-10-21-15(12-22)11-14(20-21)13-24-16-7-5-4-6-8-16/h4-8,11,17,19,22-23H,9-10,12-13H2,1-3H3. The molecular formula is C18H27N3O4. The van der Waals surface area contributed by atoms with E-state index in [0.717, 1.165) is 11.4 Å². The van der Waals surface area contributed by atoms with Crippen molar-refractivity contribution in [1.82, 2.24) is 15.1 Å². The van der Waals surface area contributed by atoms with Gasteiger partial charge in [-0.2, -0.15) is 5.10 Å². The minimum Gasteiger partial charge on any atom is -0.487 e. The Morgan fingerprint density at radius 2 is 1.96 bits per heavy atom. The normalized spacial score (nSPS) is 13.0. The topological polar surface area (TPSA) is 88.8 Å². The van der Waals surface area contributed by atoms with Gasteiger partial charge in [-0.1, -0.05) is 18.2 Å². The number of ether oxygens (including phenoxy) is 2. The molecule has 0 aliphatic carbocycles. The summed E-state index contributed by atoms with van der Waals surface area (Å²) in [7, 11) is 0. The first kappa shape index (κ1) is 19.4. The van der Waals surface area contributed by atoms with Crippen LogP contribution in [0.4, 0.5) is 0 Å². The lowest BCUT2D eigenvalue weighted by Crippen LogP contribution is -2.39. The molecule has 7 heteroatoms. The molecule has 0 spiro atoms. The first-order valence-electron chi connectivity index (χ1n) is 8.31. The molecule has 0 radical (unpaired) electrons. The highest BCUT2D eigenvalue weighted by Crippen LogP contribution is 2.12. The fraction of sp³-hybridized carbons (Fsp3) is 0.500. The predicted octanol–water partition coefficient (Wildman–Crippen LogP) is 1.63. The number of hydrogen-bond acceptors (Lipinski definition) is 6. The van der Waals surface area contributed by atoms with E-state index in [-0.39, 0.29) is 6.61 Å². The molecule has 2 aromatic rings. The van der Waals surface area contributed by atoms with Gasteiger partial charge in [0.2, 0.25) is 6.41 Å². The second-order valence-corrected chi connectivity index (χ2v) is 6.65. The van der Waals surface area contributed by atoms with E-state index in [1.807, 2.05) is 57.2 Å². The molecule has 1 aromatic heterocycles. The van der Waals surface area contributed by atoms with Gasteiger partial charge in [-0.25, -0.2) is 0 Å². The first-order valence-corrected chi connectivity index (χ1v) is 8.31. The van der Waals surface area contributed by atoms with E-state index in [0.29, 0.717) is 25.4 Å². The summed E-state index contributed by atoms with van der Waals surface area (Å²) in [5.74, 6) is 0.770. The summed E-state index contributed by atoms with van der Waals surface area (Å²) in [4.78, 5) is 0. The molecule has 1 aromatic carbocycles. The van der Waals surface area contributed by atoms with E-state index in [1.165, 1.54) is 0 Å². The van der Waals surface area contributed by atoms with Gasteiger partial charge in [-0.3, -0.25) is 10.00 Å². The average molecular weight is 349 g/mol. The van der Waals surface area contributed by atoms with Crippen molar-refractivity contribution < 1.29 is 19.7 Å². The van der Waals surface area contributed by atoms with Crippen LogP contribution in [0.5, 0.6) is 5.75 Å². The summed E-state index contributed by atoms with van der Waals surface area (Å²) in [6.45, 7) is 6.76. The van der Waals surface area contributed by atoms with Crippen LogP contribution >= 0.6 is 0 Å². The number of aliphatic hydroxyl groups excluding tert-OH is 2. The summed E-state index contributed by atoms with van der Waals surface area (Å²) in [5, 5.41) is 26.6. The van der Waals surface area contributed by atoms with Gasteiger partial charge in [0.15, 0.2) is 0 Å². The van der Waals surface area contributed by atoms with Crippen molar-refractivity contribution in [1.29, 1.82) is 0 Å². The van der Waals surface area contributed by atoms with Crippen LogP contribution in [0, 0.1) is 0 Å². The first-order chi connectivity index (χ1) is 11.9. The lowest BCUT2D eigenvalue weighted by Gasteiger charge is -2.24. The Morgan fingerprint density at radius 1 is 1.24 bits per heavy atom. The Hall–Kier alpha value is -1.93. The Kier molecular flexibility index (Phi) is 6.95. The van der Waals surface area contributed by atoms with Crippen LogP contribution in [0.1, 0.15) is 32.2 Å². The maximum atomic E-state index is 9.77. The Balaban J connectivity index is 1.85. The summed E-state index contributed by atoms with van der Waals surface area (Å²) >= 11 is 0. The zero-order chi connectivity index (χ0) is 18.3. The number of benzene rings is 1. The molecule has 1 heterocycles. The van der Waals surface area contributed by atoms with Gasteiger partial charge in [0, 0.05) is 6.54 Å². The molecule has 0 fully saturated rings. The van der Waals surface area contributed by atoms with Crippen molar-refractivity contribution in [2.24, 2.45) is 0 Å². The molecule has 0 saturated carbocycles. The molecule has 1 unspecified atom stereocenters. The zero-order valence-electron chi connectivity index (χ0n) is 15.0. The zero-order valence-corrected chi connectivity index (χ0v) is 15.0. The number of hydrogen-bond donors (Lipinski definition) is 3. The third kappa shape index (κ3) is 6.83. The quantitative estimate of drug-likeness (QED) is 0.597. The second-order valence-electron chi connectivity index (χ2n) is 6.65. The average Bonchev–Trinajstić information content (AvgIpc) is 2.94. The number of nitrogens with one attached hydrogen (secondary N) is 1. The number of nitrogens with zero attached hydrogens (tertiary/aromatic N) is 2. The fourth-order valence-corrected chi connectivity index (χ4v) is 2.25. The molecule has 138 valence electrons. The van der Waals surface area contributed by atoms with Gasteiger partial charge in [-0.15, -0.1) is 0 Å². The summed E-state index contributed by atoms with van der Waals surface area (Å²) in [5.41, 5.74) is 0.996. The molecular weight excluding hydrogens is 322 g/mol. The van der Waals surface area contributed by atoms with E-state index in [2.05, 4.69) is 10.4 Å². The van der Waals surface area contributed by atoms with Crippen LogP contribution in [0.2, 0.25) is 0 Å². The number of aromatic nitrogens is 2. The molecule has 7 nitrogen and oxygen atoms in total. The molecule has 0 bridgehead atoms. The highest BCUT2D eigenvalue weighted by molar-refractivity contribution is 5.21. The maximum absolute atomic E-state index is 9.77. The number of aliphatic hydroxyl groups is 2. The van der Waals surface area contributed by atoms with Crippen LogP contribution < -0.4 is 10.1 Å². The maximum Gasteiger partial charge on any atom is 0.214 e. The summed E-state index contributed by atoms with van der Waals surface area (Å²) in [6.07, 6.45) is -1.05. The molecule has 0 aliphatic rings. The van der Waals surface area contributed by atoms with Gasteiger partial charge in [0.1, 0.15) is 18.1 Å². The third-order valence-corrected chi connectivity index (χ3v) is 3.31. The van der Waals surface area contributed by atoms with Gasteiger partial charge in [0.25, 0.3) is 0 Å². The van der Waals surface area contributed by atoms with Gasteiger partial charge in [-0.05, 0) is 39.0 Å². The molecule has 0 amide bonds. The van der Waals surface area contributed by atoms with Crippen molar-refractivity contribution in [2.45, 2.75) is 52.5 Å². The lowest BCUT2D eigenvalue weighted by atomic mass is 10.2. The molecule has 3 N–H and O–H groups in total. The van der Waals surface area contributed by atoms with Crippen molar-refractivity contribution in [3.8, 4) is 5.75 Å². The van der Waals surface area contributed by atoms with Gasteiger partial charge >= 0.3 is 0 Å². The Morgan fingerprint density at radius 3 is 2.60 bits per heavy atom. The van der Waals surface area contributed by atoms with Crippen molar-refractivity contribution >= 4 is 0 Å². The number of para-hydroxylation sites is 1. The highest BCUT2D eigenvalue weighted by Gasteiger charge is 2.16. The minimum absolute atomic E-state index is 0.112. The van der Waals surface area contributed by atoms with Gasteiger partial charge in [0.05, 0.1) is 24.4 Å².